The molecule has 0 aliphatic carbocycles. The lowest BCUT2D eigenvalue weighted by molar-refractivity contribution is -0.132. The smallest absolute Gasteiger partial charge is 0.226 e. The van der Waals surface area contributed by atoms with Gasteiger partial charge in [0.2, 0.25) is 11.8 Å². The van der Waals surface area contributed by atoms with Gasteiger partial charge in [0.15, 0.2) is 11.6 Å². The maximum absolute atomic E-state index is 13.9. The standard InChI is InChI=1S/C24H26F2N2O3/c1-31-21-6-5-17(12-20(21)26)13-22(29)27-9-7-24(8-10-27)14-23(30)28(16-24)15-18-3-2-4-19(25)11-18/h2-6,11-12H,7-10,13-16H2,1H3. The van der Waals surface area contributed by atoms with E-state index in [0.717, 1.165) is 18.4 Å². The first-order chi connectivity index (χ1) is 14.9. The van der Waals surface area contributed by atoms with Gasteiger partial charge in [-0.2, -0.15) is 0 Å². The van der Waals surface area contributed by atoms with Crippen molar-refractivity contribution in [2.24, 2.45) is 5.41 Å². The van der Waals surface area contributed by atoms with Crippen LogP contribution in [0.15, 0.2) is 42.5 Å². The molecule has 0 radical (unpaired) electrons. The molecule has 2 amide bonds. The monoisotopic (exact) mass is 428 g/mol. The average molecular weight is 428 g/mol. The second kappa shape index (κ2) is 8.65. The van der Waals surface area contributed by atoms with Crippen molar-refractivity contribution < 1.29 is 23.1 Å². The zero-order valence-corrected chi connectivity index (χ0v) is 17.6. The molecule has 5 nitrogen and oxygen atoms in total. The van der Waals surface area contributed by atoms with Crippen LogP contribution in [0.2, 0.25) is 0 Å². The topological polar surface area (TPSA) is 49.9 Å². The van der Waals surface area contributed by atoms with Gasteiger partial charge >= 0.3 is 0 Å². The molecular weight excluding hydrogens is 402 g/mol. The van der Waals surface area contributed by atoms with Crippen molar-refractivity contribution in [3.05, 3.63) is 65.2 Å². The molecule has 2 fully saturated rings. The largest absolute Gasteiger partial charge is 0.494 e. The Balaban J connectivity index is 1.33. The molecular formula is C24H26F2N2O3. The number of hydrogen-bond acceptors (Lipinski definition) is 3. The average Bonchev–Trinajstić information content (AvgIpc) is 3.03. The second-order valence-electron chi connectivity index (χ2n) is 8.58. The molecule has 0 N–H and O–H groups in total. The maximum Gasteiger partial charge on any atom is 0.226 e. The number of methoxy groups -OCH3 is 1. The summed E-state index contributed by atoms with van der Waals surface area (Å²) in [6, 6.07) is 10.9. The molecule has 2 aromatic rings. The molecule has 2 aliphatic heterocycles. The van der Waals surface area contributed by atoms with Crippen molar-refractivity contribution in [2.75, 3.05) is 26.7 Å². The fourth-order valence-corrected chi connectivity index (χ4v) is 4.65. The third-order valence-electron chi connectivity index (χ3n) is 6.42. The van der Waals surface area contributed by atoms with Gasteiger partial charge in [-0.1, -0.05) is 18.2 Å². The molecule has 31 heavy (non-hydrogen) atoms. The minimum absolute atomic E-state index is 0.0413. The SMILES string of the molecule is COc1ccc(CC(=O)N2CCC3(CC2)CC(=O)N(Cc2cccc(F)c2)C3)cc1F. The van der Waals surface area contributed by atoms with Gasteiger partial charge in [-0.25, -0.2) is 8.78 Å². The number of piperidine rings is 1. The van der Waals surface area contributed by atoms with E-state index in [1.54, 1.807) is 21.9 Å². The van der Waals surface area contributed by atoms with Crippen LogP contribution in [-0.4, -0.2) is 48.4 Å². The molecule has 164 valence electrons. The summed E-state index contributed by atoms with van der Waals surface area (Å²) in [5.74, 6) is -0.585. The lowest BCUT2D eigenvalue weighted by atomic mass is 9.77. The number of ether oxygens (including phenoxy) is 1. The Morgan fingerprint density at radius 2 is 1.87 bits per heavy atom. The highest BCUT2D eigenvalue weighted by Gasteiger charge is 2.45. The van der Waals surface area contributed by atoms with Crippen molar-refractivity contribution >= 4 is 11.8 Å². The molecule has 0 aromatic heterocycles. The predicted octanol–water partition coefficient (Wildman–Crippen LogP) is 3.56. The Bertz CT molecular complexity index is 987. The summed E-state index contributed by atoms with van der Waals surface area (Å²) in [5, 5.41) is 0. The van der Waals surface area contributed by atoms with Gasteiger partial charge in [0, 0.05) is 38.0 Å². The van der Waals surface area contributed by atoms with E-state index in [-0.39, 0.29) is 35.2 Å². The van der Waals surface area contributed by atoms with E-state index in [4.69, 9.17) is 4.74 Å². The molecule has 0 unspecified atom stereocenters. The highest BCUT2D eigenvalue weighted by Crippen LogP contribution is 2.41. The zero-order valence-electron chi connectivity index (χ0n) is 17.6. The lowest BCUT2D eigenvalue weighted by Crippen LogP contribution is -2.44. The number of hydrogen-bond donors (Lipinski definition) is 0. The molecule has 7 heteroatoms. The first kappa shape index (κ1) is 21.3. The molecule has 0 bridgehead atoms. The molecule has 0 atom stereocenters. The van der Waals surface area contributed by atoms with Crippen LogP contribution in [0.1, 0.15) is 30.4 Å². The third-order valence-corrected chi connectivity index (χ3v) is 6.42. The fourth-order valence-electron chi connectivity index (χ4n) is 4.65. The fraction of sp³-hybridized carbons (Fsp3) is 0.417. The second-order valence-corrected chi connectivity index (χ2v) is 8.58. The highest BCUT2D eigenvalue weighted by molar-refractivity contribution is 5.80. The summed E-state index contributed by atoms with van der Waals surface area (Å²) < 4.78 is 32.3. The van der Waals surface area contributed by atoms with Crippen LogP contribution in [0.5, 0.6) is 5.75 Å². The van der Waals surface area contributed by atoms with Crippen molar-refractivity contribution in [3.63, 3.8) is 0 Å². The van der Waals surface area contributed by atoms with E-state index in [2.05, 4.69) is 0 Å². The van der Waals surface area contributed by atoms with Gasteiger partial charge in [0.05, 0.1) is 13.5 Å². The van der Waals surface area contributed by atoms with E-state index in [0.29, 0.717) is 38.2 Å². The van der Waals surface area contributed by atoms with Crippen LogP contribution in [0, 0.1) is 17.0 Å². The minimum atomic E-state index is -0.478. The Labute approximate surface area is 180 Å². The minimum Gasteiger partial charge on any atom is -0.494 e. The van der Waals surface area contributed by atoms with E-state index < -0.39 is 5.82 Å². The Hall–Kier alpha value is -2.96. The quantitative estimate of drug-likeness (QED) is 0.732. The molecule has 2 heterocycles. The summed E-state index contributed by atoms with van der Waals surface area (Å²) in [6.45, 7) is 2.20. The molecule has 2 aliphatic rings. The third kappa shape index (κ3) is 4.70. The number of halogens is 2. The number of likely N-dealkylation sites (tertiary alicyclic amines) is 2. The van der Waals surface area contributed by atoms with Crippen molar-refractivity contribution in [1.82, 2.24) is 9.80 Å². The van der Waals surface area contributed by atoms with Gasteiger partial charge in [-0.05, 0) is 48.2 Å². The number of rotatable bonds is 5. The van der Waals surface area contributed by atoms with Crippen LogP contribution in [0.4, 0.5) is 8.78 Å². The Morgan fingerprint density at radius 1 is 1.10 bits per heavy atom. The molecule has 1 spiro atoms. The molecule has 4 rings (SSSR count). The van der Waals surface area contributed by atoms with Gasteiger partial charge in [-0.15, -0.1) is 0 Å². The van der Waals surface area contributed by atoms with Crippen LogP contribution in [0.3, 0.4) is 0 Å². The first-order valence-electron chi connectivity index (χ1n) is 10.5. The highest BCUT2D eigenvalue weighted by atomic mass is 19.1. The number of carbonyl (C=O) groups excluding carboxylic acids is 2. The van der Waals surface area contributed by atoms with E-state index in [1.807, 2.05) is 6.07 Å². The number of carbonyl (C=O) groups is 2. The normalized spacial score (nSPS) is 18.0. The first-order valence-corrected chi connectivity index (χ1v) is 10.5. The van der Waals surface area contributed by atoms with Gasteiger partial charge < -0.3 is 14.5 Å². The summed E-state index contributed by atoms with van der Waals surface area (Å²) >= 11 is 0. The van der Waals surface area contributed by atoms with E-state index >= 15 is 0 Å². The molecule has 2 aromatic carbocycles. The van der Waals surface area contributed by atoms with Gasteiger partial charge in [-0.3, -0.25) is 9.59 Å². The number of benzene rings is 2. The van der Waals surface area contributed by atoms with Crippen molar-refractivity contribution in [2.45, 2.75) is 32.2 Å². The molecule has 2 saturated heterocycles. The Morgan fingerprint density at radius 3 is 2.55 bits per heavy atom. The predicted molar refractivity (Wildman–Crippen MR) is 111 cm³/mol. The van der Waals surface area contributed by atoms with Crippen LogP contribution >= 0.6 is 0 Å². The summed E-state index contributed by atoms with van der Waals surface area (Å²) in [6.07, 6.45) is 2.11. The summed E-state index contributed by atoms with van der Waals surface area (Å²) in [5.41, 5.74) is 1.26. The van der Waals surface area contributed by atoms with Crippen LogP contribution in [-0.2, 0) is 22.6 Å². The molecule has 0 saturated carbocycles. The zero-order chi connectivity index (χ0) is 22.0. The van der Waals surface area contributed by atoms with Gasteiger partial charge in [0.25, 0.3) is 0 Å². The van der Waals surface area contributed by atoms with Crippen LogP contribution in [0.25, 0.3) is 0 Å². The number of amides is 2. The van der Waals surface area contributed by atoms with E-state index in [9.17, 15) is 18.4 Å². The summed E-state index contributed by atoms with van der Waals surface area (Å²) in [7, 11) is 1.40. The van der Waals surface area contributed by atoms with E-state index in [1.165, 1.54) is 31.4 Å². The summed E-state index contributed by atoms with van der Waals surface area (Å²) in [4.78, 5) is 28.9. The van der Waals surface area contributed by atoms with Crippen molar-refractivity contribution in [1.29, 1.82) is 0 Å². The Kier molecular flexibility index (Phi) is 5.94. The van der Waals surface area contributed by atoms with Crippen molar-refractivity contribution in [3.8, 4) is 5.75 Å². The van der Waals surface area contributed by atoms with Gasteiger partial charge in [0.1, 0.15) is 5.82 Å². The van der Waals surface area contributed by atoms with Crippen LogP contribution < -0.4 is 4.74 Å². The lowest BCUT2D eigenvalue weighted by Gasteiger charge is -2.39. The number of nitrogens with zero attached hydrogens (tertiary/aromatic N) is 2. The maximum atomic E-state index is 13.9.